The first-order valence-corrected chi connectivity index (χ1v) is 10.5. The molecule has 3 aromatic carbocycles. The Bertz CT molecular complexity index is 1100. The maximum atomic E-state index is 13.6. The lowest BCUT2D eigenvalue weighted by molar-refractivity contribution is 0.0954. The van der Waals surface area contributed by atoms with Crippen LogP contribution in [0.5, 0.6) is 0 Å². The van der Waals surface area contributed by atoms with Crippen LogP contribution in [0.2, 0.25) is 0 Å². The van der Waals surface area contributed by atoms with Crippen molar-refractivity contribution in [2.75, 3.05) is 11.3 Å². The van der Waals surface area contributed by atoms with Crippen LogP contribution < -0.4 is 10.0 Å². The third-order valence-corrected chi connectivity index (χ3v) is 5.77. The van der Waals surface area contributed by atoms with Crippen LogP contribution >= 0.6 is 0 Å². The van der Waals surface area contributed by atoms with E-state index in [-0.39, 0.29) is 23.2 Å². The highest BCUT2D eigenvalue weighted by Gasteiger charge is 2.15. The quantitative estimate of drug-likeness (QED) is 0.618. The fourth-order valence-electron chi connectivity index (χ4n) is 2.74. The van der Waals surface area contributed by atoms with E-state index >= 15 is 0 Å². The zero-order chi connectivity index (χ0) is 20.9. The molecule has 0 aliphatic heterocycles. The molecule has 0 aromatic heterocycles. The summed E-state index contributed by atoms with van der Waals surface area (Å²) in [5.41, 5.74) is 2.34. The molecule has 0 heterocycles. The van der Waals surface area contributed by atoms with Gasteiger partial charge in [-0.15, -0.1) is 0 Å². The Hall–Kier alpha value is -3.19. The normalized spacial score (nSPS) is 11.1. The number of hydrogen-bond donors (Lipinski definition) is 2. The first-order chi connectivity index (χ1) is 13.8. The molecule has 5 nitrogen and oxygen atoms in total. The highest BCUT2D eigenvalue weighted by Crippen LogP contribution is 2.17. The van der Waals surface area contributed by atoms with Crippen molar-refractivity contribution in [2.45, 2.75) is 18.2 Å². The summed E-state index contributed by atoms with van der Waals surface area (Å²) in [6.07, 6.45) is 0.366. The maximum absolute atomic E-state index is 13.6. The highest BCUT2D eigenvalue weighted by atomic mass is 32.2. The summed E-state index contributed by atoms with van der Waals surface area (Å²) in [5, 5.41) is 2.71. The van der Waals surface area contributed by atoms with Crippen molar-refractivity contribution in [2.24, 2.45) is 0 Å². The van der Waals surface area contributed by atoms with E-state index in [4.69, 9.17) is 0 Å². The van der Waals surface area contributed by atoms with Gasteiger partial charge < -0.3 is 5.32 Å². The van der Waals surface area contributed by atoms with Crippen molar-refractivity contribution in [3.8, 4) is 0 Å². The number of nitrogens with one attached hydrogen (secondary N) is 2. The summed E-state index contributed by atoms with van der Waals surface area (Å²) in [4.78, 5) is 12.3. The molecule has 3 aromatic rings. The van der Waals surface area contributed by atoms with Crippen LogP contribution in [0.4, 0.5) is 10.1 Å². The molecule has 0 bridgehead atoms. The van der Waals surface area contributed by atoms with E-state index in [2.05, 4.69) is 10.0 Å². The second kappa shape index (κ2) is 8.87. The lowest BCUT2D eigenvalue weighted by Gasteiger charge is -2.10. The number of carbonyl (C=O) groups is 1. The monoisotopic (exact) mass is 412 g/mol. The first kappa shape index (κ1) is 20.5. The van der Waals surface area contributed by atoms with E-state index in [1.807, 2.05) is 19.1 Å². The van der Waals surface area contributed by atoms with Crippen LogP contribution in [-0.2, 0) is 16.4 Å². The predicted octanol–water partition coefficient (Wildman–Crippen LogP) is 3.91. The summed E-state index contributed by atoms with van der Waals surface area (Å²) in [6.45, 7) is 2.19. The molecule has 0 spiro atoms. The van der Waals surface area contributed by atoms with Crippen LogP contribution in [0.25, 0.3) is 0 Å². The van der Waals surface area contributed by atoms with E-state index in [1.165, 1.54) is 30.3 Å². The second-order valence-corrected chi connectivity index (χ2v) is 8.28. The number of anilines is 1. The van der Waals surface area contributed by atoms with Gasteiger partial charge in [0.15, 0.2) is 0 Å². The Kier molecular flexibility index (Phi) is 6.29. The summed E-state index contributed by atoms with van der Waals surface area (Å²) in [6, 6.07) is 19.0. The van der Waals surface area contributed by atoms with Crippen LogP contribution in [0, 0.1) is 12.7 Å². The highest BCUT2D eigenvalue weighted by molar-refractivity contribution is 7.92. The Balaban J connectivity index is 1.60. The lowest BCUT2D eigenvalue weighted by atomic mass is 10.1. The largest absolute Gasteiger partial charge is 0.352 e. The number of hydrogen-bond acceptors (Lipinski definition) is 3. The number of carbonyl (C=O) groups excluding carboxylic acids is 1. The first-order valence-electron chi connectivity index (χ1n) is 9.06. The zero-order valence-corrected chi connectivity index (χ0v) is 16.7. The number of halogens is 1. The van der Waals surface area contributed by atoms with Gasteiger partial charge in [0.05, 0.1) is 4.90 Å². The molecular formula is C22H21FN2O3S. The molecule has 0 fully saturated rings. The Morgan fingerprint density at radius 2 is 1.59 bits per heavy atom. The van der Waals surface area contributed by atoms with Crippen LogP contribution in [0.1, 0.15) is 21.5 Å². The van der Waals surface area contributed by atoms with Gasteiger partial charge in [0.1, 0.15) is 5.82 Å². The van der Waals surface area contributed by atoms with Crippen molar-refractivity contribution < 1.29 is 17.6 Å². The van der Waals surface area contributed by atoms with Crippen molar-refractivity contribution >= 4 is 21.6 Å². The molecule has 0 radical (unpaired) electrons. The molecule has 0 aliphatic rings. The van der Waals surface area contributed by atoms with E-state index in [0.717, 1.165) is 5.56 Å². The topological polar surface area (TPSA) is 75.3 Å². The summed E-state index contributed by atoms with van der Waals surface area (Å²) < 4.78 is 41.1. The van der Waals surface area contributed by atoms with E-state index in [1.54, 1.807) is 30.3 Å². The molecular weight excluding hydrogens is 391 g/mol. The smallest absolute Gasteiger partial charge is 0.261 e. The van der Waals surface area contributed by atoms with Gasteiger partial charge in [0.25, 0.3) is 15.9 Å². The van der Waals surface area contributed by atoms with Crippen molar-refractivity contribution in [3.05, 3.63) is 95.3 Å². The summed E-state index contributed by atoms with van der Waals surface area (Å²) in [7, 11) is -3.75. The summed E-state index contributed by atoms with van der Waals surface area (Å²) in [5.74, 6) is -0.658. The minimum atomic E-state index is -3.75. The van der Waals surface area contributed by atoms with Gasteiger partial charge in [-0.3, -0.25) is 9.52 Å². The number of amides is 1. The van der Waals surface area contributed by atoms with Gasteiger partial charge in [0, 0.05) is 17.8 Å². The van der Waals surface area contributed by atoms with Gasteiger partial charge in [0.2, 0.25) is 0 Å². The third kappa shape index (κ3) is 5.42. The molecule has 150 valence electrons. The second-order valence-electron chi connectivity index (χ2n) is 6.59. The Labute approximate surface area is 169 Å². The van der Waals surface area contributed by atoms with Crippen LogP contribution in [-0.4, -0.2) is 20.9 Å². The predicted molar refractivity (Wildman–Crippen MR) is 111 cm³/mol. The molecule has 0 saturated heterocycles. The minimum Gasteiger partial charge on any atom is -0.352 e. The summed E-state index contributed by atoms with van der Waals surface area (Å²) >= 11 is 0. The van der Waals surface area contributed by atoms with Gasteiger partial charge in [-0.2, -0.15) is 0 Å². The van der Waals surface area contributed by atoms with Crippen LogP contribution in [0.3, 0.4) is 0 Å². The van der Waals surface area contributed by atoms with E-state index in [0.29, 0.717) is 23.2 Å². The number of sulfonamides is 1. The minimum absolute atomic E-state index is 0.0565. The fourth-order valence-corrected chi connectivity index (χ4v) is 3.79. The lowest BCUT2D eigenvalue weighted by Crippen LogP contribution is -2.26. The Morgan fingerprint density at radius 1 is 0.931 bits per heavy atom. The number of rotatable bonds is 7. The fraction of sp³-hybridized carbons (Fsp3) is 0.136. The van der Waals surface area contributed by atoms with Crippen molar-refractivity contribution in [1.82, 2.24) is 5.32 Å². The Morgan fingerprint density at radius 3 is 2.24 bits per heavy atom. The molecule has 29 heavy (non-hydrogen) atoms. The van der Waals surface area contributed by atoms with Crippen molar-refractivity contribution in [1.29, 1.82) is 0 Å². The zero-order valence-electron chi connectivity index (χ0n) is 15.9. The van der Waals surface area contributed by atoms with Gasteiger partial charge >= 0.3 is 0 Å². The van der Waals surface area contributed by atoms with Gasteiger partial charge in [-0.05, 0) is 61.4 Å². The average molecular weight is 412 g/mol. The third-order valence-electron chi connectivity index (χ3n) is 4.37. The molecule has 0 saturated carbocycles. The van der Waals surface area contributed by atoms with Gasteiger partial charge in [-0.25, -0.2) is 12.8 Å². The average Bonchev–Trinajstić information content (AvgIpc) is 2.71. The number of aryl methyl sites for hydroxylation is 1. The molecule has 0 aliphatic carbocycles. The van der Waals surface area contributed by atoms with E-state index in [9.17, 15) is 17.6 Å². The molecule has 0 unspecified atom stereocenters. The molecule has 7 heteroatoms. The molecule has 2 N–H and O–H groups in total. The SMILES string of the molecule is Cc1ccc(NS(=O)(=O)c2ccc(C(=O)NCCc3ccccc3F)cc2)cc1. The molecule has 3 rings (SSSR count). The standard InChI is InChI=1S/C22H21FN2O3S/c1-16-6-10-19(11-7-16)25-29(27,28)20-12-8-18(9-13-20)22(26)24-15-14-17-4-2-3-5-21(17)23/h2-13,25H,14-15H2,1H3,(H,24,26). The number of benzene rings is 3. The van der Waals surface area contributed by atoms with Crippen LogP contribution in [0.15, 0.2) is 77.7 Å². The molecule has 0 atom stereocenters. The van der Waals surface area contributed by atoms with Gasteiger partial charge in [-0.1, -0.05) is 35.9 Å². The van der Waals surface area contributed by atoms with E-state index < -0.39 is 10.0 Å². The van der Waals surface area contributed by atoms with Crippen molar-refractivity contribution in [3.63, 3.8) is 0 Å². The molecule has 1 amide bonds. The maximum Gasteiger partial charge on any atom is 0.261 e.